The van der Waals surface area contributed by atoms with Crippen molar-refractivity contribution in [3.05, 3.63) is 40.4 Å². The number of aromatic nitrogens is 2. The fourth-order valence-electron chi connectivity index (χ4n) is 3.19. The molecule has 1 aliphatic heterocycles. The van der Waals surface area contributed by atoms with E-state index in [-0.39, 0.29) is 18.7 Å². The Hall–Kier alpha value is -2.74. The summed E-state index contributed by atoms with van der Waals surface area (Å²) >= 11 is 0. The summed E-state index contributed by atoms with van der Waals surface area (Å²) < 4.78 is 1.20. The summed E-state index contributed by atoms with van der Waals surface area (Å²) in [5.74, 6) is -1.06. The fraction of sp³-hybridized carbons (Fsp3) is 0.444. The summed E-state index contributed by atoms with van der Waals surface area (Å²) in [6, 6.07) is 5.77. The molecule has 0 saturated heterocycles. The Morgan fingerprint density at radius 2 is 2.00 bits per heavy atom. The van der Waals surface area contributed by atoms with E-state index in [1.807, 2.05) is 0 Å². The van der Waals surface area contributed by atoms with Crippen molar-refractivity contribution in [3.8, 4) is 0 Å². The second-order valence-electron chi connectivity index (χ2n) is 7.60. The molecule has 138 valence electrons. The van der Waals surface area contributed by atoms with Gasteiger partial charge in [0.15, 0.2) is 5.82 Å². The van der Waals surface area contributed by atoms with Crippen LogP contribution in [0, 0.1) is 5.41 Å². The molecule has 1 aromatic carbocycles. The smallest absolute Gasteiger partial charge is 0.262 e. The van der Waals surface area contributed by atoms with E-state index in [1.165, 1.54) is 4.57 Å². The van der Waals surface area contributed by atoms with Crippen LogP contribution in [0.1, 0.15) is 45.5 Å². The number of rotatable bonds is 3. The van der Waals surface area contributed by atoms with E-state index in [0.717, 1.165) is 0 Å². The molecular weight excluding hydrogens is 336 g/mol. The number of hydrogen-bond donors (Lipinski definition) is 3. The molecule has 4 N–H and O–H groups in total. The lowest BCUT2D eigenvalue weighted by molar-refractivity contribution is -0.155. The van der Waals surface area contributed by atoms with E-state index in [1.54, 1.807) is 45.0 Å². The lowest BCUT2D eigenvalue weighted by Gasteiger charge is -2.45. The summed E-state index contributed by atoms with van der Waals surface area (Å²) in [6.07, 6.45) is -0.0148. The van der Waals surface area contributed by atoms with Crippen molar-refractivity contribution in [2.75, 3.05) is 0 Å². The number of benzene rings is 1. The number of aliphatic hydroxyl groups is 1. The van der Waals surface area contributed by atoms with Crippen LogP contribution in [0.5, 0.6) is 0 Å². The normalized spacial score (nSPS) is 22.8. The molecule has 0 fully saturated rings. The number of carbonyl (C=O) groups excluding carboxylic acids is 2. The standard InChI is InChI=1S/C18H22N4O4/c1-17(2,3)18(26)16-20-11-7-5-4-6-10(11)15(25)22(16)12(14(24)21-18)8-9-13(19)23/h4-7,12,26H,8-9H2,1-3H3,(H2,19,23)(H,21,24)/t12-,18-/m0/s1. The van der Waals surface area contributed by atoms with Gasteiger partial charge in [-0.2, -0.15) is 0 Å². The van der Waals surface area contributed by atoms with Gasteiger partial charge in [-0.3, -0.25) is 19.0 Å². The molecule has 0 radical (unpaired) electrons. The highest BCUT2D eigenvalue weighted by Crippen LogP contribution is 2.40. The first-order valence-corrected chi connectivity index (χ1v) is 8.41. The first kappa shape index (κ1) is 18.1. The average Bonchev–Trinajstić information content (AvgIpc) is 2.54. The Kier molecular flexibility index (Phi) is 4.11. The van der Waals surface area contributed by atoms with E-state index in [4.69, 9.17) is 5.73 Å². The van der Waals surface area contributed by atoms with Crippen LogP contribution in [0.2, 0.25) is 0 Å². The number of primary amides is 1. The maximum atomic E-state index is 13.1. The topological polar surface area (TPSA) is 127 Å². The zero-order chi connectivity index (χ0) is 19.3. The summed E-state index contributed by atoms with van der Waals surface area (Å²) in [5, 5.41) is 14.2. The van der Waals surface area contributed by atoms with Gasteiger partial charge in [-0.1, -0.05) is 32.9 Å². The Bertz CT molecular complexity index is 960. The van der Waals surface area contributed by atoms with Crippen LogP contribution >= 0.6 is 0 Å². The van der Waals surface area contributed by atoms with Gasteiger partial charge in [-0.05, 0) is 18.6 Å². The van der Waals surface area contributed by atoms with Crippen LogP contribution in [0.4, 0.5) is 0 Å². The molecule has 0 aliphatic carbocycles. The van der Waals surface area contributed by atoms with Crippen molar-refractivity contribution in [1.82, 2.24) is 14.9 Å². The average molecular weight is 358 g/mol. The van der Waals surface area contributed by atoms with Crippen LogP contribution in [0.15, 0.2) is 29.1 Å². The SMILES string of the molecule is CC(C)(C)[C@]1(O)NC(=O)[C@H](CCC(N)=O)n2c1nc1ccccc1c2=O. The molecule has 2 amide bonds. The minimum Gasteiger partial charge on any atom is -0.370 e. The number of carbonyl (C=O) groups is 2. The molecule has 26 heavy (non-hydrogen) atoms. The molecule has 8 nitrogen and oxygen atoms in total. The Balaban J connectivity index is 2.33. The van der Waals surface area contributed by atoms with Crippen LogP contribution in [0.3, 0.4) is 0 Å². The maximum Gasteiger partial charge on any atom is 0.262 e. The minimum absolute atomic E-state index is 0.0499. The van der Waals surface area contributed by atoms with Gasteiger partial charge in [-0.15, -0.1) is 0 Å². The monoisotopic (exact) mass is 358 g/mol. The number of para-hydroxylation sites is 1. The summed E-state index contributed by atoms with van der Waals surface area (Å²) in [7, 11) is 0. The highest BCUT2D eigenvalue weighted by molar-refractivity contribution is 5.85. The number of fused-ring (bicyclic) bond motifs is 2. The molecule has 2 atom stereocenters. The molecule has 0 bridgehead atoms. The second-order valence-corrected chi connectivity index (χ2v) is 7.60. The first-order chi connectivity index (χ1) is 12.1. The van der Waals surface area contributed by atoms with Crippen molar-refractivity contribution < 1.29 is 14.7 Å². The minimum atomic E-state index is -1.84. The van der Waals surface area contributed by atoms with Gasteiger partial charge in [0.05, 0.1) is 10.9 Å². The molecule has 1 aliphatic rings. The summed E-state index contributed by atoms with van der Waals surface area (Å²) in [4.78, 5) is 41.5. The Morgan fingerprint density at radius 1 is 1.35 bits per heavy atom. The van der Waals surface area contributed by atoms with Crippen LogP contribution in [-0.2, 0) is 15.3 Å². The van der Waals surface area contributed by atoms with Gasteiger partial charge < -0.3 is 16.2 Å². The predicted octanol–water partition coefficient (Wildman–Crippen LogP) is 0.524. The molecule has 3 rings (SSSR count). The predicted molar refractivity (Wildman–Crippen MR) is 95.0 cm³/mol. The zero-order valence-corrected chi connectivity index (χ0v) is 14.9. The lowest BCUT2D eigenvalue weighted by atomic mass is 9.80. The number of amides is 2. The van der Waals surface area contributed by atoms with Gasteiger partial charge in [0, 0.05) is 11.8 Å². The molecular formula is C18H22N4O4. The van der Waals surface area contributed by atoms with E-state index in [0.29, 0.717) is 10.9 Å². The highest BCUT2D eigenvalue weighted by atomic mass is 16.3. The molecule has 0 unspecified atom stereocenters. The zero-order valence-electron chi connectivity index (χ0n) is 14.9. The first-order valence-electron chi connectivity index (χ1n) is 8.41. The van der Waals surface area contributed by atoms with Crippen molar-refractivity contribution in [3.63, 3.8) is 0 Å². The number of nitrogens with two attached hydrogens (primary N) is 1. The number of nitrogens with one attached hydrogen (secondary N) is 1. The van der Waals surface area contributed by atoms with E-state index in [9.17, 15) is 19.5 Å². The van der Waals surface area contributed by atoms with Crippen molar-refractivity contribution in [2.24, 2.45) is 11.1 Å². The molecule has 8 heteroatoms. The Labute approximate surface area is 150 Å². The third-order valence-electron chi connectivity index (χ3n) is 4.80. The van der Waals surface area contributed by atoms with Crippen molar-refractivity contribution in [1.29, 1.82) is 0 Å². The van der Waals surface area contributed by atoms with Gasteiger partial charge >= 0.3 is 0 Å². The highest BCUT2D eigenvalue weighted by Gasteiger charge is 2.52. The molecule has 0 spiro atoms. The van der Waals surface area contributed by atoms with Gasteiger partial charge in [0.25, 0.3) is 5.56 Å². The van der Waals surface area contributed by atoms with Gasteiger partial charge in [0.2, 0.25) is 17.5 Å². The quantitative estimate of drug-likeness (QED) is 0.737. The Morgan fingerprint density at radius 3 is 2.62 bits per heavy atom. The third kappa shape index (κ3) is 2.66. The van der Waals surface area contributed by atoms with E-state index < -0.39 is 34.6 Å². The maximum absolute atomic E-state index is 13.1. The lowest BCUT2D eigenvalue weighted by Crippen LogP contribution is -2.63. The number of nitrogens with zero attached hydrogens (tertiary/aromatic N) is 2. The van der Waals surface area contributed by atoms with Crippen molar-refractivity contribution >= 4 is 22.7 Å². The molecule has 0 saturated carbocycles. The fourth-order valence-corrected chi connectivity index (χ4v) is 3.19. The second kappa shape index (κ2) is 5.91. The van der Waals surface area contributed by atoms with Gasteiger partial charge in [-0.25, -0.2) is 4.98 Å². The van der Waals surface area contributed by atoms with Crippen LogP contribution in [0.25, 0.3) is 10.9 Å². The summed E-state index contributed by atoms with van der Waals surface area (Å²) in [6.45, 7) is 5.22. The van der Waals surface area contributed by atoms with E-state index >= 15 is 0 Å². The third-order valence-corrected chi connectivity index (χ3v) is 4.80. The van der Waals surface area contributed by atoms with Gasteiger partial charge in [0.1, 0.15) is 6.04 Å². The van der Waals surface area contributed by atoms with E-state index in [2.05, 4.69) is 10.3 Å². The van der Waals surface area contributed by atoms with Crippen molar-refractivity contribution in [2.45, 2.75) is 45.4 Å². The molecule has 1 aromatic heterocycles. The van der Waals surface area contributed by atoms with Crippen LogP contribution < -0.4 is 16.6 Å². The number of hydrogen-bond acceptors (Lipinski definition) is 5. The van der Waals surface area contributed by atoms with Crippen LogP contribution in [-0.4, -0.2) is 26.5 Å². The summed E-state index contributed by atoms with van der Waals surface area (Å²) in [5.41, 5.74) is 2.53. The molecule has 2 heterocycles. The molecule has 2 aromatic rings. The largest absolute Gasteiger partial charge is 0.370 e.